The lowest BCUT2D eigenvalue weighted by Crippen LogP contribution is -2.01. The van der Waals surface area contributed by atoms with Crippen LogP contribution in [0.4, 0.5) is 0 Å². The fourth-order valence-electron chi connectivity index (χ4n) is 3.14. The highest BCUT2D eigenvalue weighted by Crippen LogP contribution is 2.37. The van der Waals surface area contributed by atoms with Crippen LogP contribution in [0.5, 0.6) is 23.0 Å². The summed E-state index contributed by atoms with van der Waals surface area (Å²) in [5, 5.41) is 1.51. The van der Waals surface area contributed by atoms with Crippen LogP contribution in [0.1, 0.15) is 15.9 Å². The molecule has 156 valence electrons. The van der Waals surface area contributed by atoms with E-state index in [-0.39, 0.29) is 5.78 Å². The van der Waals surface area contributed by atoms with Crippen LogP contribution in [0.15, 0.2) is 66.9 Å². The van der Waals surface area contributed by atoms with Gasteiger partial charge in [-0.3, -0.25) is 9.78 Å². The first-order valence-electron chi connectivity index (χ1n) is 9.28. The number of rotatable bonds is 6. The number of halogens is 2. The number of carbonyl (C=O) groups is 1. The number of hydrogen-bond acceptors (Lipinski definition) is 5. The zero-order valence-electron chi connectivity index (χ0n) is 16.7. The van der Waals surface area contributed by atoms with Crippen molar-refractivity contribution in [2.45, 2.75) is 0 Å². The zero-order valence-corrected chi connectivity index (χ0v) is 18.2. The molecule has 1 aromatic heterocycles. The van der Waals surface area contributed by atoms with Crippen molar-refractivity contribution in [1.82, 2.24) is 4.98 Å². The summed E-state index contributed by atoms with van der Waals surface area (Å²) >= 11 is 12.0. The molecule has 0 radical (unpaired) electrons. The Balaban J connectivity index is 1.61. The Kier molecular flexibility index (Phi) is 5.98. The van der Waals surface area contributed by atoms with Gasteiger partial charge in [-0.2, -0.15) is 0 Å². The highest BCUT2D eigenvalue weighted by Gasteiger charge is 2.13. The third-order valence-corrected chi connectivity index (χ3v) is 5.47. The number of nitrogens with zero attached hydrogens (tertiary/aromatic N) is 1. The van der Waals surface area contributed by atoms with Crippen molar-refractivity contribution in [3.05, 3.63) is 88.0 Å². The number of ether oxygens (including phenoxy) is 3. The predicted molar refractivity (Wildman–Crippen MR) is 121 cm³/mol. The van der Waals surface area contributed by atoms with E-state index in [9.17, 15) is 4.79 Å². The Labute approximate surface area is 189 Å². The van der Waals surface area contributed by atoms with E-state index in [4.69, 9.17) is 37.4 Å². The molecule has 0 saturated heterocycles. The molecule has 5 nitrogen and oxygen atoms in total. The van der Waals surface area contributed by atoms with Crippen molar-refractivity contribution in [1.29, 1.82) is 0 Å². The number of pyridine rings is 1. The largest absolute Gasteiger partial charge is 0.493 e. The minimum absolute atomic E-state index is 0.156. The minimum Gasteiger partial charge on any atom is -0.493 e. The van der Waals surface area contributed by atoms with Gasteiger partial charge in [0.15, 0.2) is 17.3 Å². The summed E-state index contributed by atoms with van der Waals surface area (Å²) < 4.78 is 16.8. The van der Waals surface area contributed by atoms with E-state index in [0.717, 1.165) is 5.39 Å². The van der Waals surface area contributed by atoms with Crippen LogP contribution in [0, 0.1) is 0 Å². The quantitative estimate of drug-likeness (QED) is 0.308. The minimum atomic E-state index is -0.156. The molecule has 4 rings (SSSR count). The van der Waals surface area contributed by atoms with Crippen LogP contribution in [0.3, 0.4) is 0 Å². The molecule has 0 N–H and O–H groups in total. The molecular formula is C24H17Cl2NO4. The standard InChI is InChI=1S/C24H17Cl2NO4/c1-29-22-12-17-20(13-23(22)30-2)27-10-9-21(17)31-16-6-3-14(4-7-16)24(28)15-5-8-18(25)19(26)11-15/h3-13H,1-2H3. The van der Waals surface area contributed by atoms with Gasteiger partial charge in [0.05, 0.1) is 29.8 Å². The van der Waals surface area contributed by atoms with Crippen molar-refractivity contribution in [3.8, 4) is 23.0 Å². The van der Waals surface area contributed by atoms with Gasteiger partial charge in [-0.15, -0.1) is 0 Å². The van der Waals surface area contributed by atoms with Crippen molar-refractivity contribution in [3.63, 3.8) is 0 Å². The van der Waals surface area contributed by atoms with Crippen LogP contribution in [-0.2, 0) is 0 Å². The van der Waals surface area contributed by atoms with E-state index >= 15 is 0 Å². The van der Waals surface area contributed by atoms with Gasteiger partial charge in [0.2, 0.25) is 0 Å². The molecule has 7 heteroatoms. The van der Waals surface area contributed by atoms with E-state index < -0.39 is 0 Å². The number of methoxy groups -OCH3 is 2. The summed E-state index contributed by atoms with van der Waals surface area (Å²) in [5.74, 6) is 2.19. The second-order valence-corrected chi connectivity index (χ2v) is 7.43. The van der Waals surface area contributed by atoms with Gasteiger partial charge in [-0.25, -0.2) is 0 Å². The first-order valence-corrected chi connectivity index (χ1v) is 10.0. The molecule has 3 aromatic carbocycles. The average Bonchev–Trinajstić information content (AvgIpc) is 2.80. The summed E-state index contributed by atoms with van der Waals surface area (Å²) in [7, 11) is 3.15. The average molecular weight is 454 g/mol. The monoisotopic (exact) mass is 453 g/mol. The van der Waals surface area contributed by atoms with Crippen molar-refractivity contribution < 1.29 is 19.0 Å². The molecule has 0 fully saturated rings. The summed E-state index contributed by atoms with van der Waals surface area (Å²) in [6, 6.07) is 17.1. The van der Waals surface area contributed by atoms with Crippen LogP contribution >= 0.6 is 23.2 Å². The van der Waals surface area contributed by atoms with Gasteiger partial charge in [-0.1, -0.05) is 23.2 Å². The lowest BCUT2D eigenvalue weighted by Gasteiger charge is -2.12. The first kappa shape index (κ1) is 21.0. The van der Waals surface area contributed by atoms with Crippen molar-refractivity contribution in [2.24, 2.45) is 0 Å². The van der Waals surface area contributed by atoms with Gasteiger partial charge >= 0.3 is 0 Å². The van der Waals surface area contributed by atoms with Crippen LogP contribution < -0.4 is 14.2 Å². The lowest BCUT2D eigenvalue weighted by atomic mass is 10.0. The van der Waals surface area contributed by atoms with E-state index in [1.807, 2.05) is 6.07 Å². The Morgan fingerprint density at radius 3 is 2.13 bits per heavy atom. The van der Waals surface area contributed by atoms with Gasteiger partial charge in [0, 0.05) is 28.8 Å². The SMILES string of the molecule is COc1cc2nccc(Oc3ccc(C(=O)c4ccc(Cl)c(Cl)c4)cc3)c2cc1OC. The summed E-state index contributed by atoms with van der Waals surface area (Å²) in [5.41, 5.74) is 1.68. The summed E-state index contributed by atoms with van der Waals surface area (Å²) in [6.07, 6.45) is 1.66. The maximum Gasteiger partial charge on any atom is 0.193 e. The molecule has 0 bridgehead atoms. The van der Waals surface area contributed by atoms with E-state index in [0.29, 0.717) is 49.7 Å². The zero-order chi connectivity index (χ0) is 22.0. The predicted octanol–water partition coefficient (Wildman–Crippen LogP) is 6.58. The van der Waals surface area contributed by atoms with Gasteiger partial charge in [0.1, 0.15) is 11.5 Å². The topological polar surface area (TPSA) is 57.7 Å². The number of fused-ring (bicyclic) bond motifs is 1. The van der Waals surface area contributed by atoms with E-state index in [2.05, 4.69) is 4.98 Å². The fraction of sp³-hybridized carbons (Fsp3) is 0.0833. The molecule has 0 aliphatic heterocycles. The molecular weight excluding hydrogens is 437 g/mol. The van der Waals surface area contributed by atoms with Crippen LogP contribution in [-0.4, -0.2) is 25.0 Å². The number of hydrogen-bond donors (Lipinski definition) is 0. The summed E-state index contributed by atoms with van der Waals surface area (Å²) in [4.78, 5) is 17.1. The maximum atomic E-state index is 12.7. The van der Waals surface area contributed by atoms with Crippen molar-refractivity contribution >= 4 is 39.9 Å². The normalized spacial score (nSPS) is 10.7. The molecule has 0 spiro atoms. The van der Waals surface area contributed by atoms with Crippen LogP contribution in [0.25, 0.3) is 10.9 Å². The number of carbonyl (C=O) groups excluding carboxylic acids is 1. The molecule has 0 saturated carbocycles. The third-order valence-electron chi connectivity index (χ3n) is 4.73. The molecule has 0 amide bonds. The third kappa shape index (κ3) is 4.29. The number of benzene rings is 3. The van der Waals surface area contributed by atoms with Crippen LogP contribution in [0.2, 0.25) is 10.0 Å². The van der Waals surface area contributed by atoms with Gasteiger partial charge < -0.3 is 14.2 Å². The Bertz CT molecular complexity index is 1270. The van der Waals surface area contributed by atoms with Gasteiger partial charge in [0.25, 0.3) is 0 Å². The molecule has 31 heavy (non-hydrogen) atoms. The fourth-order valence-corrected chi connectivity index (χ4v) is 3.44. The van der Waals surface area contributed by atoms with E-state index in [1.165, 1.54) is 0 Å². The second-order valence-electron chi connectivity index (χ2n) is 6.62. The smallest absolute Gasteiger partial charge is 0.193 e. The second kappa shape index (κ2) is 8.84. The summed E-state index contributed by atoms with van der Waals surface area (Å²) in [6.45, 7) is 0. The Hall–Kier alpha value is -3.28. The lowest BCUT2D eigenvalue weighted by molar-refractivity contribution is 0.103. The Morgan fingerprint density at radius 1 is 0.774 bits per heavy atom. The molecule has 0 unspecified atom stereocenters. The first-order chi connectivity index (χ1) is 15.0. The molecule has 0 aliphatic carbocycles. The molecule has 4 aromatic rings. The Morgan fingerprint density at radius 2 is 1.45 bits per heavy atom. The molecule has 1 heterocycles. The molecule has 0 atom stereocenters. The highest BCUT2D eigenvalue weighted by atomic mass is 35.5. The highest BCUT2D eigenvalue weighted by molar-refractivity contribution is 6.42. The van der Waals surface area contributed by atoms with Gasteiger partial charge in [-0.05, 0) is 54.6 Å². The molecule has 0 aliphatic rings. The maximum absolute atomic E-state index is 12.7. The van der Waals surface area contributed by atoms with Crippen molar-refractivity contribution in [2.75, 3.05) is 14.2 Å². The number of ketones is 1. The van der Waals surface area contributed by atoms with E-state index in [1.54, 1.807) is 75.0 Å². The number of aromatic nitrogens is 1.